The minimum atomic E-state index is -0.557. The van der Waals surface area contributed by atoms with Gasteiger partial charge in [-0.15, -0.1) is 0 Å². The van der Waals surface area contributed by atoms with Crippen molar-refractivity contribution in [3.8, 4) is 0 Å². The van der Waals surface area contributed by atoms with Gasteiger partial charge in [0.15, 0.2) is 0 Å². The number of carbonyl (C=O) groups excluding carboxylic acids is 1. The maximum absolute atomic E-state index is 11.2. The molecule has 0 saturated carbocycles. The molecule has 0 unspecified atom stereocenters. The standard InChI is InChI=1S/C12H16N6O3/c13-12(19)15-7-3-2-6-14-10-11(18(20)21)17-8-4-1-5-9(17)16-10/h1,4-5,8,14H,2-3,6-7H2,(H3,13,15,19). The van der Waals surface area contributed by atoms with Crippen LogP contribution in [0.25, 0.3) is 5.65 Å². The summed E-state index contributed by atoms with van der Waals surface area (Å²) in [6, 6.07) is 4.63. The number of nitro groups is 1. The largest absolute Gasteiger partial charge is 0.372 e. The summed E-state index contributed by atoms with van der Waals surface area (Å²) in [7, 11) is 0. The average molecular weight is 292 g/mol. The first-order valence-electron chi connectivity index (χ1n) is 6.48. The fraction of sp³-hybridized carbons (Fsp3) is 0.333. The predicted molar refractivity (Wildman–Crippen MR) is 77.2 cm³/mol. The van der Waals surface area contributed by atoms with Crippen LogP contribution in [0.15, 0.2) is 24.4 Å². The molecule has 112 valence electrons. The highest BCUT2D eigenvalue weighted by Crippen LogP contribution is 2.24. The van der Waals surface area contributed by atoms with Gasteiger partial charge in [0.2, 0.25) is 11.5 Å². The van der Waals surface area contributed by atoms with Gasteiger partial charge in [-0.3, -0.25) is 0 Å². The first-order valence-corrected chi connectivity index (χ1v) is 6.48. The molecule has 0 spiro atoms. The zero-order valence-corrected chi connectivity index (χ0v) is 11.3. The van der Waals surface area contributed by atoms with Crippen LogP contribution in [0.4, 0.5) is 16.4 Å². The first-order chi connectivity index (χ1) is 10.1. The lowest BCUT2D eigenvalue weighted by atomic mass is 10.3. The van der Waals surface area contributed by atoms with Crippen molar-refractivity contribution in [3.05, 3.63) is 34.5 Å². The molecule has 21 heavy (non-hydrogen) atoms. The summed E-state index contributed by atoms with van der Waals surface area (Å²) in [5, 5.41) is 16.6. The molecule has 0 aliphatic rings. The monoisotopic (exact) mass is 292 g/mol. The van der Waals surface area contributed by atoms with Crippen molar-refractivity contribution in [2.45, 2.75) is 12.8 Å². The Balaban J connectivity index is 1.97. The SMILES string of the molecule is NC(=O)NCCCCNc1nc2ccccn2c1[N+](=O)[O-]. The Morgan fingerprint density at radius 1 is 1.38 bits per heavy atom. The Labute approximate surface area is 120 Å². The predicted octanol–water partition coefficient (Wildman–Crippen LogP) is 1.10. The number of carbonyl (C=O) groups is 1. The average Bonchev–Trinajstić information content (AvgIpc) is 2.80. The van der Waals surface area contributed by atoms with E-state index in [0.29, 0.717) is 18.7 Å². The van der Waals surface area contributed by atoms with Crippen molar-refractivity contribution in [2.75, 3.05) is 18.4 Å². The number of anilines is 1. The summed E-state index contributed by atoms with van der Waals surface area (Å²) in [4.78, 5) is 25.4. The number of hydrogen-bond donors (Lipinski definition) is 3. The summed E-state index contributed by atoms with van der Waals surface area (Å²) < 4.78 is 1.43. The smallest absolute Gasteiger partial charge is 0.363 e. The van der Waals surface area contributed by atoms with E-state index in [0.717, 1.165) is 12.8 Å². The molecule has 0 radical (unpaired) electrons. The second kappa shape index (κ2) is 6.55. The molecule has 0 aliphatic carbocycles. The van der Waals surface area contributed by atoms with Crippen LogP contribution in [0, 0.1) is 10.1 Å². The van der Waals surface area contributed by atoms with Crippen LogP contribution in [0.1, 0.15) is 12.8 Å². The number of pyridine rings is 1. The van der Waals surface area contributed by atoms with Gasteiger partial charge in [-0.2, -0.15) is 9.38 Å². The van der Waals surface area contributed by atoms with E-state index >= 15 is 0 Å². The van der Waals surface area contributed by atoms with E-state index in [2.05, 4.69) is 15.6 Å². The number of urea groups is 1. The molecule has 2 aromatic rings. The van der Waals surface area contributed by atoms with Gasteiger partial charge in [0.25, 0.3) is 0 Å². The Kier molecular flexibility index (Phi) is 4.54. The number of nitrogens with zero attached hydrogens (tertiary/aromatic N) is 3. The zero-order chi connectivity index (χ0) is 15.2. The number of amides is 2. The molecule has 0 bridgehead atoms. The molecular formula is C12H16N6O3. The van der Waals surface area contributed by atoms with Crippen LogP contribution in [0.3, 0.4) is 0 Å². The first kappa shape index (κ1) is 14.6. The molecule has 0 fully saturated rings. The van der Waals surface area contributed by atoms with Crippen LogP contribution >= 0.6 is 0 Å². The maximum Gasteiger partial charge on any atom is 0.372 e. The molecule has 9 heteroatoms. The maximum atomic E-state index is 11.2. The summed E-state index contributed by atoms with van der Waals surface area (Å²) in [6.45, 7) is 0.995. The van der Waals surface area contributed by atoms with E-state index in [4.69, 9.17) is 5.73 Å². The second-order valence-corrected chi connectivity index (χ2v) is 4.39. The number of nitrogens with one attached hydrogen (secondary N) is 2. The van der Waals surface area contributed by atoms with Crippen LogP contribution < -0.4 is 16.4 Å². The topological polar surface area (TPSA) is 128 Å². The molecule has 2 heterocycles. The second-order valence-electron chi connectivity index (χ2n) is 4.39. The Morgan fingerprint density at radius 3 is 2.86 bits per heavy atom. The van der Waals surface area contributed by atoms with Gasteiger partial charge < -0.3 is 26.5 Å². The van der Waals surface area contributed by atoms with Crippen LogP contribution in [0.5, 0.6) is 0 Å². The molecule has 9 nitrogen and oxygen atoms in total. The normalized spacial score (nSPS) is 10.5. The quantitative estimate of drug-likeness (QED) is 0.400. The molecule has 2 rings (SSSR count). The molecule has 2 amide bonds. The van der Waals surface area contributed by atoms with Gasteiger partial charge in [0, 0.05) is 19.2 Å². The van der Waals surface area contributed by atoms with E-state index in [9.17, 15) is 14.9 Å². The Bertz CT molecular complexity index is 653. The number of hydrogen-bond acceptors (Lipinski definition) is 5. The van der Waals surface area contributed by atoms with Crippen LogP contribution in [-0.4, -0.2) is 33.4 Å². The third-order valence-electron chi connectivity index (χ3n) is 2.87. The van der Waals surface area contributed by atoms with Gasteiger partial charge in [-0.1, -0.05) is 6.07 Å². The minimum Gasteiger partial charge on any atom is -0.363 e. The number of fused-ring (bicyclic) bond motifs is 1. The van der Waals surface area contributed by atoms with Gasteiger partial charge in [0.05, 0.1) is 6.20 Å². The van der Waals surface area contributed by atoms with Crippen molar-refractivity contribution in [1.82, 2.24) is 14.7 Å². The van der Waals surface area contributed by atoms with Crippen LogP contribution in [-0.2, 0) is 0 Å². The lowest BCUT2D eigenvalue weighted by Crippen LogP contribution is -2.30. The van der Waals surface area contributed by atoms with Gasteiger partial charge in [-0.25, -0.2) is 4.79 Å². The highest BCUT2D eigenvalue weighted by atomic mass is 16.6. The number of primary amides is 1. The lowest BCUT2D eigenvalue weighted by molar-refractivity contribution is -0.389. The van der Waals surface area contributed by atoms with Gasteiger partial charge >= 0.3 is 11.8 Å². The van der Waals surface area contributed by atoms with Gasteiger partial charge in [0.1, 0.15) is 0 Å². The lowest BCUT2D eigenvalue weighted by Gasteiger charge is -2.04. The Hall–Kier alpha value is -2.84. The minimum absolute atomic E-state index is 0.0825. The van der Waals surface area contributed by atoms with E-state index in [-0.39, 0.29) is 11.6 Å². The van der Waals surface area contributed by atoms with Crippen molar-refractivity contribution >= 4 is 23.3 Å². The molecule has 0 aliphatic heterocycles. The zero-order valence-electron chi connectivity index (χ0n) is 11.3. The molecule has 0 atom stereocenters. The molecule has 2 aromatic heterocycles. The summed E-state index contributed by atoms with van der Waals surface area (Å²) in [5.74, 6) is 0.162. The molecule has 0 saturated heterocycles. The summed E-state index contributed by atoms with van der Waals surface area (Å²) in [6.07, 6.45) is 3.05. The Morgan fingerprint density at radius 2 is 2.14 bits per heavy atom. The van der Waals surface area contributed by atoms with E-state index in [1.54, 1.807) is 24.4 Å². The van der Waals surface area contributed by atoms with E-state index < -0.39 is 11.0 Å². The number of rotatable bonds is 7. The molecule has 0 aromatic carbocycles. The molecular weight excluding hydrogens is 276 g/mol. The third-order valence-corrected chi connectivity index (χ3v) is 2.87. The number of unbranched alkanes of at least 4 members (excludes halogenated alkanes) is 1. The van der Waals surface area contributed by atoms with Crippen molar-refractivity contribution < 1.29 is 9.72 Å². The molecule has 4 N–H and O–H groups in total. The van der Waals surface area contributed by atoms with Crippen molar-refractivity contribution in [3.63, 3.8) is 0 Å². The summed E-state index contributed by atoms with van der Waals surface area (Å²) >= 11 is 0. The van der Waals surface area contributed by atoms with E-state index in [1.807, 2.05) is 0 Å². The number of aromatic nitrogens is 2. The third kappa shape index (κ3) is 3.59. The number of imidazole rings is 1. The summed E-state index contributed by atoms with van der Waals surface area (Å²) in [5.41, 5.74) is 5.46. The van der Waals surface area contributed by atoms with Crippen LogP contribution in [0.2, 0.25) is 0 Å². The number of nitrogens with two attached hydrogens (primary N) is 1. The highest BCUT2D eigenvalue weighted by Gasteiger charge is 2.21. The van der Waals surface area contributed by atoms with Gasteiger partial charge in [-0.05, 0) is 23.8 Å². The fourth-order valence-electron chi connectivity index (χ4n) is 1.94. The van der Waals surface area contributed by atoms with Crippen molar-refractivity contribution in [2.24, 2.45) is 5.73 Å². The fourth-order valence-corrected chi connectivity index (χ4v) is 1.94. The highest BCUT2D eigenvalue weighted by molar-refractivity contribution is 5.71. The van der Waals surface area contributed by atoms with Crippen molar-refractivity contribution in [1.29, 1.82) is 0 Å². The van der Waals surface area contributed by atoms with E-state index in [1.165, 1.54) is 4.40 Å².